The number of rotatable bonds is 6. The van der Waals surface area contributed by atoms with E-state index in [4.69, 9.17) is 10.3 Å². The Bertz CT molecular complexity index is 1440. The number of hydrogen-bond acceptors (Lipinski definition) is 8. The quantitative estimate of drug-likeness (QED) is 0.444. The van der Waals surface area contributed by atoms with E-state index in [1.54, 1.807) is 12.1 Å². The van der Waals surface area contributed by atoms with Crippen molar-refractivity contribution < 1.29 is 18.1 Å². The molecule has 4 aromatic rings. The lowest BCUT2D eigenvalue weighted by molar-refractivity contribution is -0.119. The van der Waals surface area contributed by atoms with Gasteiger partial charge in [-0.3, -0.25) is 9.48 Å². The van der Waals surface area contributed by atoms with E-state index in [1.165, 1.54) is 29.3 Å². The fourth-order valence-electron chi connectivity index (χ4n) is 3.40. The molecule has 0 spiro atoms. The van der Waals surface area contributed by atoms with Crippen LogP contribution in [0.2, 0.25) is 0 Å². The van der Waals surface area contributed by atoms with Gasteiger partial charge in [-0.1, -0.05) is 17.3 Å². The van der Waals surface area contributed by atoms with Crippen molar-refractivity contribution in [3.63, 3.8) is 0 Å². The molecule has 170 valence electrons. The highest BCUT2D eigenvalue weighted by atomic mass is 19.2. The molecule has 3 N–H and O–H groups in total. The van der Waals surface area contributed by atoms with Crippen molar-refractivity contribution in [2.45, 2.75) is 19.4 Å². The summed E-state index contributed by atoms with van der Waals surface area (Å²) in [6, 6.07) is 9.10. The number of nitriles is 1. The Morgan fingerprint density at radius 1 is 1.29 bits per heavy atom. The highest BCUT2D eigenvalue weighted by Gasteiger charge is 2.50. The summed E-state index contributed by atoms with van der Waals surface area (Å²) in [7, 11) is 0. The molecule has 1 aromatic carbocycles. The maximum Gasteiger partial charge on any atom is 0.244 e. The average Bonchev–Trinajstić information content (AvgIpc) is 3.23. The molecule has 3 heterocycles. The zero-order chi connectivity index (χ0) is 23.9. The van der Waals surface area contributed by atoms with Crippen molar-refractivity contribution in [1.82, 2.24) is 24.9 Å². The highest BCUT2D eigenvalue weighted by Crippen LogP contribution is 2.45. The van der Waals surface area contributed by atoms with E-state index in [0.29, 0.717) is 24.2 Å². The monoisotopic (exact) mass is 462 g/mol. The lowest BCUT2D eigenvalue weighted by Crippen LogP contribution is -2.23. The van der Waals surface area contributed by atoms with Gasteiger partial charge >= 0.3 is 0 Å². The van der Waals surface area contributed by atoms with Gasteiger partial charge < -0.3 is 15.6 Å². The van der Waals surface area contributed by atoms with Gasteiger partial charge in [-0.2, -0.15) is 10.4 Å². The first kappa shape index (κ1) is 21.2. The van der Waals surface area contributed by atoms with Crippen LogP contribution in [0.15, 0.2) is 47.3 Å². The number of nitrogens with one attached hydrogen (secondary N) is 1. The zero-order valence-corrected chi connectivity index (χ0v) is 17.5. The molecule has 1 amide bonds. The molecule has 1 saturated carbocycles. The van der Waals surface area contributed by atoms with E-state index in [-0.39, 0.29) is 35.1 Å². The molecule has 0 unspecified atom stereocenters. The van der Waals surface area contributed by atoms with Crippen molar-refractivity contribution in [3.8, 4) is 29.0 Å². The summed E-state index contributed by atoms with van der Waals surface area (Å²) in [6.07, 6.45) is 3.67. The zero-order valence-electron chi connectivity index (χ0n) is 17.5. The number of carbonyl (C=O) groups excluding carboxylic acids is 1. The number of nitrogen functional groups attached to an aromatic ring is 1. The van der Waals surface area contributed by atoms with Gasteiger partial charge in [0.05, 0.1) is 24.5 Å². The first-order valence-electron chi connectivity index (χ1n) is 10.2. The number of aromatic nitrogens is 5. The van der Waals surface area contributed by atoms with Gasteiger partial charge in [0.15, 0.2) is 23.3 Å². The number of hydrogen-bond donors (Lipinski definition) is 2. The normalized spacial score (nSPS) is 13.9. The predicted octanol–water partition coefficient (Wildman–Crippen LogP) is 3.15. The minimum Gasteiger partial charge on any atom is -0.382 e. The van der Waals surface area contributed by atoms with Crippen LogP contribution in [0.3, 0.4) is 0 Å². The van der Waals surface area contributed by atoms with Gasteiger partial charge in [-0.15, -0.1) is 0 Å². The molecule has 0 aliphatic heterocycles. The van der Waals surface area contributed by atoms with Gasteiger partial charge in [-0.05, 0) is 25.0 Å². The molecular formula is C22H16F2N8O2. The van der Waals surface area contributed by atoms with Gasteiger partial charge in [0.25, 0.3) is 0 Å². The number of carbonyl (C=O) groups is 1. The van der Waals surface area contributed by atoms with Crippen molar-refractivity contribution >= 4 is 17.4 Å². The minimum absolute atomic E-state index is 0.0131. The fraction of sp³-hybridized carbons (Fsp3) is 0.182. The molecule has 0 radical (unpaired) electrons. The molecule has 3 aromatic heterocycles. The Morgan fingerprint density at radius 3 is 2.79 bits per heavy atom. The van der Waals surface area contributed by atoms with Gasteiger partial charge in [0, 0.05) is 11.6 Å². The first-order chi connectivity index (χ1) is 16.4. The number of benzene rings is 1. The third-order valence-electron chi connectivity index (χ3n) is 5.53. The van der Waals surface area contributed by atoms with E-state index in [1.807, 2.05) is 6.07 Å². The number of amides is 1. The van der Waals surface area contributed by atoms with Crippen LogP contribution >= 0.6 is 0 Å². The highest BCUT2D eigenvalue weighted by molar-refractivity contribution is 6.00. The van der Waals surface area contributed by atoms with E-state index in [0.717, 1.165) is 6.07 Å². The van der Waals surface area contributed by atoms with Crippen LogP contribution in [0, 0.1) is 28.4 Å². The summed E-state index contributed by atoms with van der Waals surface area (Å²) in [4.78, 5) is 20.7. The smallest absolute Gasteiger partial charge is 0.244 e. The predicted molar refractivity (Wildman–Crippen MR) is 115 cm³/mol. The molecule has 0 saturated heterocycles. The third-order valence-corrected chi connectivity index (χ3v) is 5.53. The van der Waals surface area contributed by atoms with Crippen LogP contribution in [0.4, 0.5) is 20.3 Å². The molecular weight excluding hydrogens is 446 g/mol. The number of nitrogens with two attached hydrogens (primary N) is 1. The molecule has 0 atom stereocenters. The third kappa shape index (κ3) is 3.73. The second-order valence-corrected chi connectivity index (χ2v) is 7.81. The molecule has 34 heavy (non-hydrogen) atoms. The summed E-state index contributed by atoms with van der Waals surface area (Å²) in [5.41, 5.74) is 6.40. The Morgan fingerprint density at radius 2 is 2.12 bits per heavy atom. The van der Waals surface area contributed by atoms with Crippen LogP contribution in [-0.2, 0) is 11.3 Å². The molecule has 5 rings (SSSR count). The van der Waals surface area contributed by atoms with Crippen LogP contribution in [0.5, 0.6) is 0 Å². The van der Waals surface area contributed by atoms with Gasteiger partial charge in [0.1, 0.15) is 28.8 Å². The standard InChI is InChI=1S/C22H16F2N8O2/c23-13-3-1-2-12(18(13)24)10-32-17(14-4-7-34-31-14)8-15(30-32)20-27-9-16(19(26)29-20)28-21(33)22(11-25)5-6-22/h1-4,7-9H,5-6,10H2,(H,28,33)(H2,26,27,29). The van der Waals surface area contributed by atoms with Crippen LogP contribution in [-0.4, -0.2) is 30.8 Å². The largest absolute Gasteiger partial charge is 0.382 e. The van der Waals surface area contributed by atoms with Gasteiger partial charge in [-0.25, -0.2) is 18.7 Å². The summed E-state index contributed by atoms with van der Waals surface area (Å²) in [5.74, 6) is -2.27. The minimum atomic E-state index is -1.03. The van der Waals surface area contributed by atoms with Gasteiger partial charge in [0.2, 0.25) is 5.91 Å². The van der Waals surface area contributed by atoms with E-state index >= 15 is 0 Å². The van der Waals surface area contributed by atoms with Crippen molar-refractivity contribution in [3.05, 3.63) is 60.0 Å². The topological polar surface area (TPSA) is 149 Å². The second kappa shape index (κ2) is 8.04. The summed E-state index contributed by atoms with van der Waals surface area (Å²) in [5, 5.41) is 20.1. The number of anilines is 2. The number of halogens is 2. The Kier molecular flexibility index (Phi) is 5.01. The van der Waals surface area contributed by atoms with E-state index < -0.39 is 23.0 Å². The Balaban J connectivity index is 1.47. The fourth-order valence-corrected chi connectivity index (χ4v) is 3.40. The van der Waals surface area contributed by atoms with Crippen molar-refractivity contribution in [2.24, 2.45) is 5.41 Å². The summed E-state index contributed by atoms with van der Waals surface area (Å²) < 4.78 is 34.3. The Hall–Kier alpha value is -4.66. The molecule has 10 nitrogen and oxygen atoms in total. The molecule has 1 aliphatic rings. The first-order valence-corrected chi connectivity index (χ1v) is 10.2. The average molecular weight is 462 g/mol. The van der Waals surface area contributed by atoms with Crippen LogP contribution in [0.25, 0.3) is 22.9 Å². The molecule has 1 fully saturated rings. The second-order valence-electron chi connectivity index (χ2n) is 7.81. The Labute approximate surface area is 191 Å². The maximum absolute atomic E-state index is 14.3. The van der Waals surface area contributed by atoms with Crippen molar-refractivity contribution in [1.29, 1.82) is 5.26 Å². The number of nitrogens with zero attached hydrogens (tertiary/aromatic N) is 6. The summed E-state index contributed by atoms with van der Waals surface area (Å²) >= 11 is 0. The van der Waals surface area contributed by atoms with Crippen LogP contribution < -0.4 is 11.1 Å². The molecule has 12 heteroatoms. The summed E-state index contributed by atoms with van der Waals surface area (Å²) in [6.45, 7) is -0.0916. The van der Waals surface area contributed by atoms with E-state index in [9.17, 15) is 18.8 Å². The lowest BCUT2D eigenvalue weighted by atomic mass is 10.1. The lowest BCUT2D eigenvalue weighted by Gasteiger charge is -2.10. The van der Waals surface area contributed by atoms with Crippen molar-refractivity contribution in [2.75, 3.05) is 11.1 Å². The van der Waals surface area contributed by atoms with E-state index in [2.05, 4.69) is 25.5 Å². The molecule has 1 aliphatic carbocycles. The van der Waals surface area contributed by atoms with Crippen LogP contribution in [0.1, 0.15) is 18.4 Å². The molecule has 0 bridgehead atoms. The SMILES string of the molecule is N#CC1(C(=O)Nc2cnc(-c3cc(-c4ccon4)n(Cc4cccc(F)c4F)n3)nc2N)CC1. The maximum atomic E-state index is 14.3.